The van der Waals surface area contributed by atoms with Gasteiger partial charge in [0.05, 0.1) is 0 Å². The molecular weight excluding hydrogens is 345 g/mol. The number of hydrogen-bond acceptors (Lipinski definition) is 2. The van der Waals surface area contributed by atoms with Crippen LogP contribution in [0.2, 0.25) is 0 Å². The maximum atomic E-state index is 4.32. The van der Waals surface area contributed by atoms with Crippen LogP contribution in [0.15, 0.2) is 17.6 Å². The first-order valence-electron chi connectivity index (χ1n) is 5.87. The van der Waals surface area contributed by atoms with E-state index in [0.717, 1.165) is 36.8 Å². The molecule has 0 aromatic carbocycles. The lowest BCUT2D eigenvalue weighted by atomic mass is 10.1. The van der Waals surface area contributed by atoms with Gasteiger partial charge in [0.25, 0.3) is 0 Å². The van der Waals surface area contributed by atoms with Gasteiger partial charge in [0.1, 0.15) is 0 Å². The highest BCUT2D eigenvalue weighted by Crippen LogP contribution is 2.24. The Bertz CT molecular complexity index is 256. The summed E-state index contributed by atoms with van der Waals surface area (Å²) < 4.78 is 0. The SMILES string of the molecule is C=CCNC(=NC)N1CCSC(C(C)C)C1.I. The van der Waals surface area contributed by atoms with Crippen molar-refractivity contribution in [2.24, 2.45) is 10.9 Å². The van der Waals surface area contributed by atoms with Crippen molar-refractivity contribution in [3.8, 4) is 0 Å². The van der Waals surface area contributed by atoms with Gasteiger partial charge in [-0.05, 0) is 5.92 Å². The third-order valence-electron chi connectivity index (χ3n) is 2.75. The first-order chi connectivity index (χ1) is 7.69. The van der Waals surface area contributed by atoms with Crippen LogP contribution in [0.25, 0.3) is 0 Å². The van der Waals surface area contributed by atoms with Gasteiger partial charge in [-0.25, -0.2) is 0 Å². The van der Waals surface area contributed by atoms with Gasteiger partial charge in [0, 0.05) is 37.7 Å². The van der Waals surface area contributed by atoms with E-state index in [0.29, 0.717) is 0 Å². The summed E-state index contributed by atoms with van der Waals surface area (Å²) in [5.74, 6) is 2.92. The molecule has 1 rings (SSSR count). The van der Waals surface area contributed by atoms with Crippen LogP contribution < -0.4 is 5.32 Å². The van der Waals surface area contributed by atoms with Gasteiger partial charge in [-0.1, -0.05) is 19.9 Å². The smallest absolute Gasteiger partial charge is 0.193 e. The van der Waals surface area contributed by atoms with Crippen LogP contribution in [0.3, 0.4) is 0 Å². The molecule has 1 aliphatic rings. The second-order valence-corrected chi connectivity index (χ2v) is 5.66. The van der Waals surface area contributed by atoms with Crippen LogP contribution in [0.1, 0.15) is 13.8 Å². The predicted octanol–water partition coefficient (Wildman–Crippen LogP) is 2.44. The molecule has 1 heterocycles. The normalized spacial score (nSPS) is 21.1. The van der Waals surface area contributed by atoms with Gasteiger partial charge in [-0.2, -0.15) is 11.8 Å². The van der Waals surface area contributed by atoms with Crippen LogP contribution in [0.4, 0.5) is 0 Å². The molecule has 5 heteroatoms. The third-order valence-corrected chi connectivity index (χ3v) is 4.29. The molecule has 17 heavy (non-hydrogen) atoms. The average Bonchev–Trinajstić information content (AvgIpc) is 2.30. The van der Waals surface area contributed by atoms with Gasteiger partial charge in [-0.3, -0.25) is 4.99 Å². The lowest BCUT2D eigenvalue weighted by molar-refractivity contribution is 0.382. The Labute approximate surface area is 127 Å². The monoisotopic (exact) mass is 369 g/mol. The molecule has 0 radical (unpaired) electrons. The van der Waals surface area contributed by atoms with Crippen molar-refractivity contribution in [3.63, 3.8) is 0 Å². The Kier molecular flexibility index (Phi) is 9.13. The predicted molar refractivity (Wildman–Crippen MR) is 89.6 cm³/mol. The van der Waals surface area contributed by atoms with E-state index >= 15 is 0 Å². The fraction of sp³-hybridized carbons (Fsp3) is 0.750. The first-order valence-corrected chi connectivity index (χ1v) is 6.92. The van der Waals surface area contributed by atoms with Gasteiger partial charge in [-0.15, -0.1) is 30.6 Å². The number of guanidine groups is 1. The van der Waals surface area contributed by atoms with E-state index in [2.05, 4.69) is 47.4 Å². The van der Waals surface area contributed by atoms with Crippen LogP contribution >= 0.6 is 35.7 Å². The highest BCUT2D eigenvalue weighted by molar-refractivity contribution is 14.0. The Morgan fingerprint density at radius 1 is 1.65 bits per heavy atom. The lowest BCUT2D eigenvalue weighted by Gasteiger charge is -2.36. The number of hydrogen-bond donors (Lipinski definition) is 1. The Morgan fingerprint density at radius 3 is 2.88 bits per heavy atom. The Balaban J connectivity index is 0.00000256. The van der Waals surface area contributed by atoms with E-state index in [1.807, 2.05) is 13.1 Å². The van der Waals surface area contributed by atoms with Crippen molar-refractivity contribution < 1.29 is 0 Å². The summed E-state index contributed by atoms with van der Waals surface area (Å²) in [6.07, 6.45) is 1.86. The molecule has 0 aliphatic carbocycles. The van der Waals surface area contributed by atoms with E-state index in [1.165, 1.54) is 5.75 Å². The summed E-state index contributed by atoms with van der Waals surface area (Å²) in [6.45, 7) is 11.3. The summed E-state index contributed by atoms with van der Waals surface area (Å²) in [6, 6.07) is 0. The molecule has 0 spiro atoms. The van der Waals surface area contributed by atoms with Crippen LogP contribution in [0, 0.1) is 5.92 Å². The number of thioether (sulfide) groups is 1. The van der Waals surface area contributed by atoms with Crippen LogP contribution in [-0.4, -0.2) is 48.5 Å². The van der Waals surface area contributed by atoms with E-state index in [4.69, 9.17) is 0 Å². The lowest BCUT2D eigenvalue weighted by Crippen LogP contribution is -2.49. The standard InChI is InChI=1S/C12H23N3S.HI/c1-5-6-14-12(13-4)15-7-8-16-11(9-15)10(2)3;/h5,10-11H,1,6-9H2,2-4H3,(H,13,14);1H. The Morgan fingerprint density at radius 2 is 2.35 bits per heavy atom. The number of nitrogens with zero attached hydrogens (tertiary/aromatic N) is 2. The summed E-state index contributed by atoms with van der Waals surface area (Å²) in [4.78, 5) is 6.67. The maximum absolute atomic E-state index is 4.32. The van der Waals surface area contributed by atoms with Gasteiger partial charge in [0.15, 0.2) is 5.96 Å². The van der Waals surface area contributed by atoms with Gasteiger partial charge in [0.2, 0.25) is 0 Å². The summed E-state index contributed by atoms with van der Waals surface area (Å²) in [7, 11) is 1.84. The molecule has 1 atom stereocenters. The molecule has 1 unspecified atom stereocenters. The number of nitrogens with one attached hydrogen (secondary N) is 1. The summed E-state index contributed by atoms with van der Waals surface area (Å²) in [5.41, 5.74) is 0. The molecule has 100 valence electrons. The van der Waals surface area contributed by atoms with Gasteiger partial charge < -0.3 is 10.2 Å². The fourth-order valence-corrected chi connectivity index (χ4v) is 3.07. The molecule has 1 fully saturated rings. The molecule has 1 N–H and O–H groups in total. The molecule has 0 aromatic rings. The van der Waals surface area contributed by atoms with Crippen LogP contribution in [0.5, 0.6) is 0 Å². The largest absolute Gasteiger partial charge is 0.353 e. The third kappa shape index (κ3) is 5.50. The van der Waals surface area contributed by atoms with Crippen molar-refractivity contribution in [1.29, 1.82) is 0 Å². The van der Waals surface area contributed by atoms with Crippen molar-refractivity contribution in [2.45, 2.75) is 19.1 Å². The van der Waals surface area contributed by atoms with Crippen molar-refractivity contribution >= 4 is 41.7 Å². The molecule has 0 saturated carbocycles. The second-order valence-electron chi connectivity index (χ2n) is 4.32. The number of aliphatic imine (C=N–C) groups is 1. The average molecular weight is 369 g/mol. The topological polar surface area (TPSA) is 27.6 Å². The zero-order chi connectivity index (χ0) is 12.0. The van der Waals surface area contributed by atoms with Gasteiger partial charge >= 0.3 is 0 Å². The fourth-order valence-electron chi connectivity index (χ4n) is 1.77. The molecule has 0 aromatic heterocycles. The minimum Gasteiger partial charge on any atom is -0.353 e. The van der Waals surface area contributed by atoms with E-state index in [9.17, 15) is 0 Å². The molecule has 0 amide bonds. The first kappa shape index (κ1) is 17.1. The zero-order valence-corrected chi connectivity index (χ0v) is 14.1. The highest BCUT2D eigenvalue weighted by Gasteiger charge is 2.24. The van der Waals surface area contributed by atoms with Crippen molar-refractivity contribution in [2.75, 3.05) is 32.4 Å². The molecule has 1 saturated heterocycles. The Hall–Kier alpha value is 0.0900. The summed E-state index contributed by atoms with van der Waals surface area (Å²) in [5, 5.41) is 4.02. The molecular formula is C12H24IN3S. The highest BCUT2D eigenvalue weighted by atomic mass is 127. The summed E-state index contributed by atoms with van der Waals surface area (Å²) >= 11 is 2.08. The van der Waals surface area contributed by atoms with Crippen LogP contribution in [-0.2, 0) is 0 Å². The second kappa shape index (κ2) is 9.08. The van der Waals surface area contributed by atoms with E-state index < -0.39 is 0 Å². The maximum Gasteiger partial charge on any atom is 0.193 e. The molecule has 3 nitrogen and oxygen atoms in total. The van der Waals surface area contributed by atoms with Crippen molar-refractivity contribution in [3.05, 3.63) is 12.7 Å². The van der Waals surface area contributed by atoms with Crippen molar-refractivity contribution in [1.82, 2.24) is 10.2 Å². The molecule has 0 bridgehead atoms. The molecule has 1 aliphatic heterocycles. The quantitative estimate of drug-likeness (QED) is 0.358. The van der Waals surface area contributed by atoms with E-state index in [1.54, 1.807) is 0 Å². The number of halogens is 1. The minimum atomic E-state index is 0. The van der Waals surface area contributed by atoms with E-state index in [-0.39, 0.29) is 24.0 Å². The zero-order valence-electron chi connectivity index (χ0n) is 11.0. The minimum absolute atomic E-state index is 0. The number of rotatable bonds is 3.